The van der Waals surface area contributed by atoms with Crippen LogP contribution in [0.5, 0.6) is 0 Å². The van der Waals surface area contributed by atoms with Crippen molar-refractivity contribution in [1.29, 1.82) is 0 Å². The van der Waals surface area contributed by atoms with Crippen LogP contribution < -0.4 is 11.2 Å². The van der Waals surface area contributed by atoms with Gasteiger partial charge in [-0.05, 0) is 12.1 Å². The fourth-order valence-corrected chi connectivity index (χ4v) is 1.44. The van der Waals surface area contributed by atoms with Crippen LogP contribution in [-0.2, 0) is 0 Å². The standard InChI is InChI=1S/C9H5N5O2/c15-8-5-7(13-9(16)14-8)12-6-4(11-5)2-1-3-10-6/h1-3H,(H2,10,12,13,14,15,16). The van der Waals surface area contributed by atoms with Gasteiger partial charge in [-0.2, -0.15) is 0 Å². The van der Waals surface area contributed by atoms with E-state index in [1.165, 1.54) is 0 Å². The molecular weight excluding hydrogens is 210 g/mol. The Morgan fingerprint density at radius 1 is 1.12 bits per heavy atom. The van der Waals surface area contributed by atoms with Gasteiger partial charge in [0.1, 0.15) is 5.52 Å². The number of rotatable bonds is 0. The minimum Gasteiger partial charge on any atom is -0.290 e. The smallest absolute Gasteiger partial charge is 0.290 e. The van der Waals surface area contributed by atoms with Crippen LogP contribution in [0.15, 0.2) is 27.9 Å². The van der Waals surface area contributed by atoms with Crippen molar-refractivity contribution in [3.63, 3.8) is 0 Å². The molecule has 3 aromatic heterocycles. The van der Waals surface area contributed by atoms with Gasteiger partial charge in [0.2, 0.25) is 0 Å². The van der Waals surface area contributed by atoms with Crippen LogP contribution in [0.2, 0.25) is 0 Å². The average Bonchev–Trinajstić information content (AvgIpc) is 2.27. The molecule has 0 radical (unpaired) electrons. The number of nitrogens with one attached hydrogen (secondary N) is 2. The van der Waals surface area contributed by atoms with Gasteiger partial charge in [-0.1, -0.05) is 0 Å². The number of fused-ring (bicyclic) bond motifs is 2. The first-order chi connectivity index (χ1) is 7.74. The number of hydrogen-bond acceptors (Lipinski definition) is 5. The maximum absolute atomic E-state index is 11.4. The lowest BCUT2D eigenvalue weighted by Crippen LogP contribution is -2.23. The largest absolute Gasteiger partial charge is 0.327 e. The molecular formula is C9H5N5O2. The van der Waals surface area contributed by atoms with Gasteiger partial charge >= 0.3 is 5.69 Å². The highest BCUT2D eigenvalue weighted by atomic mass is 16.2. The van der Waals surface area contributed by atoms with E-state index in [0.29, 0.717) is 11.2 Å². The van der Waals surface area contributed by atoms with Gasteiger partial charge in [0, 0.05) is 6.20 Å². The summed E-state index contributed by atoms with van der Waals surface area (Å²) in [6, 6.07) is 3.39. The molecule has 3 heterocycles. The van der Waals surface area contributed by atoms with Crippen LogP contribution >= 0.6 is 0 Å². The van der Waals surface area contributed by atoms with Crippen LogP contribution in [0, 0.1) is 0 Å². The molecule has 0 aliphatic rings. The monoisotopic (exact) mass is 215 g/mol. The molecule has 0 saturated carbocycles. The van der Waals surface area contributed by atoms with Crippen LogP contribution in [0.3, 0.4) is 0 Å². The van der Waals surface area contributed by atoms with E-state index in [2.05, 4.69) is 24.9 Å². The Bertz CT molecular complexity index is 804. The highest BCUT2D eigenvalue weighted by Gasteiger charge is 2.06. The fraction of sp³-hybridized carbons (Fsp3) is 0. The molecule has 0 saturated heterocycles. The number of hydrogen-bond donors (Lipinski definition) is 2. The fourth-order valence-electron chi connectivity index (χ4n) is 1.44. The average molecular weight is 215 g/mol. The molecule has 3 aromatic rings. The highest BCUT2D eigenvalue weighted by Crippen LogP contribution is 2.07. The van der Waals surface area contributed by atoms with E-state index < -0.39 is 11.2 Å². The third kappa shape index (κ3) is 1.18. The molecule has 0 spiro atoms. The lowest BCUT2D eigenvalue weighted by molar-refractivity contribution is 1.05. The van der Waals surface area contributed by atoms with Gasteiger partial charge in [-0.3, -0.25) is 14.8 Å². The Labute approximate surface area is 87.2 Å². The first-order valence-corrected chi connectivity index (χ1v) is 4.49. The van der Waals surface area contributed by atoms with Crippen molar-refractivity contribution in [2.24, 2.45) is 0 Å². The van der Waals surface area contributed by atoms with E-state index in [4.69, 9.17) is 0 Å². The molecule has 0 amide bonds. The molecule has 16 heavy (non-hydrogen) atoms. The normalized spacial score (nSPS) is 11.0. The summed E-state index contributed by atoms with van der Waals surface area (Å²) in [5.41, 5.74) is -0.0390. The van der Waals surface area contributed by atoms with E-state index in [0.717, 1.165) is 0 Å². The summed E-state index contributed by atoms with van der Waals surface area (Å²) in [6.45, 7) is 0. The summed E-state index contributed by atoms with van der Waals surface area (Å²) in [6.07, 6.45) is 1.56. The molecule has 0 unspecified atom stereocenters. The molecule has 0 aliphatic carbocycles. The quantitative estimate of drug-likeness (QED) is 0.494. The second-order valence-electron chi connectivity index (χ2n) is 3.18. The number of nitrogens with zero attached hydrogens (tertiary/aromatic N) is 3. The summed E-state index contributed by atoms with van der Waals surface area (Å²) < 4.78 is 0. The maximum atomic E-state index is 11.4. The second-order valence-corrected chi connectivity index (χ2v) is 3.18. The van der Waals surface area contributed by atoms with E-state index in [1.807, 2.05) is 0 Å². The third-order valence-electron chi connectivity index (χ3n) is 2.11. The predicted molar refractivity (Wildman–Crippen MR) is 56.1 cm³/mol. The molecule has 78 valence electrons. The van der Waals surface area contributed by atoms with Crippen molar-refractivity contribution in [1.82, 2.24) is 24.9 Å². The Kier molecular flexibility index (Phi) is 1.61. The zero-order valence-electron chi connectivity index (χ0n) is 7.89. The van der Waals surface area contributed by atoms with Crippen molar-refractivity contribution in [3.8, 4) is 0 Å². The van der Waals surface area contributed by atoms with Crippen LogP contribution in [0.1, 0.15) is 0 Å². The third-order valence-corrected chi connectivity index (χ3v) is 2.11. The molecule has 0 aliphatic heterocycles. The topological polar surface area (TPSA) is 104 Å². The highest BCUT2D eigenvalue weighted by molar-refractivity contribution is 5.80. The van der Waals surface area contributed by atoms with Crippen molar-refractivity contribution < 1.29 is 0 Å². The molecule has 0 bridgehead atoms. The lowest BCUT2D eigenvalue weighted by atomic mass is 10.4. The van der Waals surface area contributed by atoms with Gasteiger partial charge < -0.3 is 0 Å². The van der Waals surface area contributed by atoms with Crippen LogP contribution in [0.25, 0.3) is 22.3 Å². The van der Waals surface area contributed by atoms with Gasteiger partial charge in [-0.25, -0.2) is 19.7 Å². The summed E-state index contributed by atoms with van der Waals surface area (Å²) >= 11 is 0. The predicted octanol–water partition coefficient (Wildman–Crippen LogP) is -0.445. The second kappa shape index (κ2) is 2.96. The Morgan fingerprint density at radius 2 is 2.00 bits per heavy atom. The lowest BCUT2D eigenvalue weighted by Gasteiger charge is -1.97. The summed E-state index contributed by atoms with van der Waals surface area (Å²) in [5.74, 6) is 0. The molecule has 7 heteroatoms. The van der Waals surface area contributed by atoms with Crippen molar-refractivity contribution in [2.75, 3.05) is 0 Å². The van der Waals surface area contributed by atoms with Gasteiger partial charge in [0.15, 0.2) is 16.8 Å². The zero-order chi connectivity index (χ0) is 11.1. The molecule has 0 atom stereocenters. The van der Waals surface area contributed by atoms with Crippen molar-refractivity contribution >= 4 is 22.3 Å². The number of aromatic amines is 2. The zero-order valence-corrected chi connectivity index (χ0v) is 7.89. The van der Waals surface area contributed by atoms with Crippen molar-refractivity contribution in [3.05, 3.63) is 39.2 Å². The van der Waals surface area contributed by atoms with Crippen molar-refractivity contribution in [2.45, 2.75) is 0 Å². The Morgan fingerprint density at radius 3 is 2.88 bits per heavy atom. The van der Waals surface area contributed by atoms with E-state index >= 15 is 0 Å². The molecule has 2 N–H and O–H groups in total. The minimum absolute atomic E-state index is 0.0973. The number of pyridine rings is 1. The van der Waals surface area contributed by atoms with E-state index in [1.54, 1.807) is 18.3 Å². The van der Waals surface area contributed by atoms with E-state index in [-0.39, 0.29) is 11.2 Å². The number of H-pyrrole nitrogens is 2. The summed E-state index contributed by atoms with van der Waals surface area (Å²) in [7, 11) is 0. The summed E-state index contributed by atoms with van der Waals surface area (Å²) in [4.78, 5) is 39.1. The van der Waals surface area contributed by atoms with Gasteiger partial charge in [0.05, 0.1) is 0 Å². The van der Waals surface area contributed by atoms with Crippen LogP contribution in [-0.4, -0.2) is 24.9 Å². The first kappa shape index (κ1) is 8.72. The first-order valence-electron chi connectivity index (χ1n) is 4.49. The number of aromatic nitrogens is 5. The molecule has 7 nitrogen and oxygen atoms in total. The molecule has 0 fully saturated rings. The van der Waals surface area contributed by atoms with E-state index in [9.17, 15) is 9.59 Å². The van der Waals surface area contributed by atoms with Crippen LogP contribution in [0.4, 0.5) is 0 Å². The molecule has 3 rings (SSSR count). The SMILES string of the molecule is O=c1[nH]c(=O)c2nc3cccnc3nc2[nH]1. The summed E-state index contributed by atoms with van der Waals surface area (Å²) in [5, 5.41) is 0. The van der Waals surface area contributed by atoms with Gasteiger partial charge in [-0.15, -0.1) is 0 Å². The Balaban J connectivity index is 2.61. The minimum atomic E-state index is -0.609. The van der Waals surface area contributed by atoms with Gasteiger partial charge in [0.25, 0.3) is 5.56 Å². The molecule has 0 aromatic carbocycles. The Hall–Kier alpha value is -2.57. The maximum Gasteiger partial charge on any atom is 0.327 e.